The molecule has 0 radical (unpaired) electrons. The highest BCUT2D eigenvalue weighted by Crippen LogP contribution is 2.25. The maximum absolute atomic E-state index is 12.5. The molecule has 2 aromatic rings. The number of sulfonamides is 1. The van der Waals surface area contributed by atoms with Crippen molar-refractivity contribution < 1.29 is 13.3 Å². The first-order valence-electron chi connectivity index (χ1n) is 7.02. The van der Waals surface area contributed by atoms with E-state index in [0.29, 0.717) is 11.1 Å². The molecule has 0 aliphatic carbocycles. The topological polar surface area (TPSA) is 89.3 Å². The fourth-order valence-corrected chi connectivity index (χ4v) is 3.59. The Hall–Kier alpha value is -2.25. The summed E-state index contributed by atoms with van der Waals surface area (Å²) in [5.74, 6) is 0. The first kappa shape index (κ1) is 17.1. The molecule has 0 aromatic heterocycles. The van der Waals surface area contributed by atoms with Crippen molar-refractivity contribution >= 4 is 15.7 Å². The van der Waals surface area contributed by atoms with Crippen molar-refractivity contribution in [2.75, 3.05) is 0 Å². The van der Waals surface area contributed by atoms with Gasteiger partial charge in [0, 0.05) is 18.7 Å². The lowest BCUT2D eigenvalue weighted by molar-refractivity contribution is -0.385. The third-order valence-electron chi connectivity index (χ3n) is 3.82. The number of nitrogens with one attached hydrogen (secondary N) is 1. The second-order valence-corrected chi connectivity index (χ2v) is 7.13. The minimum absolute atomic E-state index is 0.0576. The van der Waals surface area contributed by atoms with Crippen molar-refractivity contribution in [1.29, 1.82) is 0 Å². The molecule has 2 rings (SSSR count). The molecular formula is C16H18N2O4S. The van der Waals surface area contributed by atoms with Gasteiger partial charge in [-0.3, -0.25) is 10.1 Å². The molecular weight excluding hydrogens is 316 g/mol. The Bertz CT molecular complexity index is 860. The lowest BCUT2D eigenvalue weighted by Gasteiger charge is -2.12. The molecule has 0 saturated heterocycles. The highest BCUT2D eigenvalue weighted by Gasteiger charge is 2.22. The predicted molar refractivity (Wildman–Crippen MR) is 87.8 cm³/mol. The van der Waals surface area contributed by atoms with Crippen LogP contribution in [0.2, 0.25) is 0 Å². The van der Waals surface area contributed by atoms with E-state index in [1.807, 2.05) is 31.2 Å². The van der Waals surface area contributed by atoms with Gasteiger partial charge >= 0.3 is 0 Å². The molecule has 0 aliphatic rings. The SMILES string of the molecule is Cc1ccccc1CNS(=O)(=O)c1cc([N+](=O)[O-])cc(C)c1C. The van der Waals surface area contributed by atoms with Crippen LogP contribution in [0, 0.1) is 30.9 Å². The number of benzene rings is 2. The van der Waals surface area contributed by atoms with E-state index in [4.69, 9.17) is 0 Å². The summed E-state index contributed by atoms with van der Waals surface area (Å²) >= 11 is 0. The number of nitrogens with zero attached hydrogens (tertiary/aromatic N) is 1. The van der Waals surface area contributed by atoms with E-state index in [2.05, 4.69) is 4.72 Å². The van der Waals surface area contributed by atoms with E-state index < -0.39 is 14.9 Å². The molecule has 2 aromatic carbocycles. The van der Waals surface area contributed by atoms with Gasteiger partial charge in [0.1, 0.15) is 0 Å². The van der Waals surface area contributed by atoms with Gasteiger partial charge in [-0.2, -0.15) is 0 Å². The van der Waals surface area contributed by atoms with Crippen LogP contribution >= 0.6 is 0 Å². The maximum atomic E-state index is 12.5. The Morgan fingerprint density at radius 2 is 1.74 bits per heavy atom. The van der Waals surface area contributed by atoms with Crippen LogP contribution in [-0.2, 0) is 16.6 Å². The third-order valence-corrected chi connectivity index (χ3v) is 5.35. The highest BCUT2D eigenvalue weighted by atomic mass is 32.2. The van der Waals surface area contributed by atoms with Crippen molar-refractivity contribution in [1.82, 2.24) is 4.72 Å². The number of rotatable bonds is 5. The van der Waals surface area contributed by atoms with Crippen LogP contribution in [0.3, 0.4) is 0 Å². The molecule has 0 bridgehead atoms. The minimum atomic E-state index is -3.84. The molecule has 0 amide bonds. The summed E-state index contributed by atoms with van der Waals surface area (Å²) < 4.78 is 27.6. The number of nitro groups is 1. The highest BCUT2D eigenvalue weighted by molar-refractivity contribution is 7.89. The summed E-state index contributed by atoms with van der Waals surface area (Å²) in [6.07, 6.45) is 0. The molecule has 0 spiro atoms. The monoisotopic (exact) mass is 334 g/mol. The number of hydrogen-bond acceptors (Lipinski definition) is 4. The smallest absolute Gasteiger partial charge is 0.258 e. The second-order valence-electron chi connectivity index (χ2n) is 5.39. The zero-order valence-electron chi connectivity index (χ0n) is 13.2. The fraction of sp³-hybridized carbons (Fsp3) is 0.250. The van der Waals surface area contributed by atoms with Crippen molar-refractivity contribution in [2.45, 2.75) is 32.2 Å². The standard InChI is InChI=1S/C16H18N2O4S/c1-11-6-4-5-7-14(11)10-17-23(21,22)16-9-15(18(19)20)8-12(2)13(16)3/h4-9,17H,10H2,1-3H3. The molecule has 6 nitrogen and oxygen atoms in total. The second kappa shape index (κ2) is 6.47. The van der Waals surface area contributed by atoms with Crippen LogP contribution in [0.4, 0.5) is 5.69 Å². The largest absolute Gasteiger partial charge is 0.271 e. The van der Waals surface area contributed by atoms with Crippen molar-refractivity contribution in [2.24, 2.45) is 0 Å². The van der Waals surface area contributed by atoms with Gasteiger partial charge in [-0.1, -0.05) is 24.3 Å². The lowest BCUT2D eigenvalue weighted by atomic mass is 10.1. The Morgan fingerprint density at radius 1 is 1.09 bits per heavy atom. The van der Waals surface area contributed by atoms with Gasteiger partial charge < -0.3 is 0 Å². The number of nitro benzene ring substituents is 1. The fourth-order valence-electron chi connectivity index (χ4n) is 2.25. The normalized spacial score (nSPS) is 11.4. The zero-order valence-corrected chi connectivity index (χ0v) is 14.0. The number of aryl methyl sites for hydroxylation is 2. The summed E-state index contributed by atoms with van der Waals surface area (Å²) in [7, 11) is -3.84. The Morgan fingerprint density at radius 3 is 2.35 bits per heavy atom. The number of hydrogen-bond donors (Lipinski definition) is 1. The van der Waals surface area contributed by atoms with Crippen LogP contribution in [0.5, 0.6) is 0 Å². The van der Waals surface area contributed by atoms with Gasteiger partial charge in [0.25, 0.3) is 5.69 Å². The molecule has 0 heterocycles. The molecule has 0 atom stereocenters. The first-order valence-corrected chi connectivity index (χ1v) is 8.50. The average molecular weight is 334 g/mol. The third kappa shape index (κ3) is 3.75. The van der Waals surface area contributed by atoms with Crippen molar-refractivity contribution in [3.63, 3.8) is 0 Å². The van der Waals surface area contributed by atoms with Gasteiger partial charge in [0.2, 0.25) is 10.0 Å². The zero-order chi connectivity index (χ0) is 17.2. The van der Waals surface area contributed by atoms with Gasteiger partial charge in [0.05, 0.1) is 9.82 Å². The van der Waals surface area contributed by atoms with E-state index in [0.717, 1.165) is 17.2 Å². The summed E-state index contributed by atoms with van der Waals surface area (Å²) in [6, 6.07) is 9.91. The van der Waals surface area contributed by atoms with Crippen molar-refractivity contribution in [3.05, 3.63) is 68.8 Å². The van der Waals surface area contributed by atoms with E-state index in [1.165, 1.54) is 6.07 Å². The van der Waals surface area contributed by atoms with E-state index in [9.17, 15) is 18.5 Å². The molecule has 23 heavy (non-hydrogen) atoms. The molecule has 0 saturated carbocycles. The van der Waals surface area contributed by atoms with Crippen LogP contribution in [-0.4, -0.2) is 13.3 Å². The average Bonchev–Trinajstić information content (AvgIpc) is 2.48. The number of non-ortho nitro benzene ring substituents is 1. The van der Waals surface area contributed by atoms with Gasteiger partial charge in [-0.25, -0.2) is 13.1 Å². The quantitative estimate of drug-likeness (QED) is 0.672. The molecule has 0 aliphatic heterocycles. The van der Waals surface area contributed by atoms with Crippen LogP contribution in [0.25, 0.3) is 0 Å². The Kier molecular flexibility index (Phi) is 4.82. The minimum Gasteiger partial charge on any atom is -0.258 e. The first-order chi connectivity index (χ1) is 10.7. The summed E-state index contributed by atoms with van der Waals surface area (Å²) in [4.78, 5) is 10.3. The van der Waals surface area contributed by atoms with Crippen LogP contribution in [0.15, 0.2) is 41.3 Å². The molecule has 7 heteroatoms. The van der Waals surface area contributed by atoms with E-state index in [1.54, 1.807) is 13.8 Å². The Labute approximate surface area is 135 Å². The predicted octanol–water partition coefficient (Wildman–Crippen LogP) is 3.00. The van der Waals surface area contributed by atoms with Gasteiger partial charge in [-0.15, -0.1) is 0 Å². The van der Waals surface area contributed by atoms with Crippen LogP contribution < -0.4 is 4.72 Å². The van der Waals surface area contributed by atoms with Gasteiger partial charge in [0.15, 0.2) is 0 Å². The maximum Gasteiger partial charge on any atom is 0.271 e. The summed E-state index contributed by atoms with van der Waals surface area (Å²) in [5, 5.41) is 11.0. The van der Waals surface area contributed by atoms with Gasteiger partial charge in [-0.05, 0) is 43.0 Å². The molecule has 1 N–H and O–H groups in total. The summed E-state index contributed by atoms with van der Waals surface area (Å²) in [6.45, 7) is 5.33. The molecule has 0 fully saturated rings. The molecule has 0 unspecified atom stereocenters. The molecule has 122 valence electrons. The van der Waals surface area contributed by atoms with E-state index >= 15 is 0 Å². The van der Waals surface area contributed by atoms with E-state index in [-0.39, 0.29) is 17.1 Å². The lowest BCUT2D eigenvalue weighted by Crippen LogP contribution is -2.24. The van der Waals surface area contributed by atoms with Crippen LogP contribution in [0.1, 0.15) is 22.3 Å². The Balaban J connectivity index is 2.36. The summed E-state index contributed by atoms with van der Waals surface area (Å²) in [5.41, 5.74) is 2.67. The van der Waals surface area contributed by atoms with Crippen molar-refractivity contribution in [3.8, 4) is 0 Å².